The zero-order valence-corrected chi connectivity index (χ0v) is 12.1. The van der Waals surface area contributed by atoms with Gasteiger partial charge in [-0.15, -0.1) is 0 Å². The van der Waals surface area contributed by atoms with Crippen LogP contribution in [0.25, 0.3) is 0 Å². The first kappa shape index (κ1) is 15.0. The number of halogens is 1. The van der Waals surface area contributed by atoms with E-state index in [1.165, 1.54) is 6.07 Å². The molecule has 0 amide bonds. The lowest BCUT2D eigenvalue weighted by molar-refractivity contribution is -0.148. The van der Waals surface area contributed by atoms with Crippen LogP contribution in [0, 0.1) is 5.82 Å². The molecule has 0 saturated heterocycles. The number of carbonyl (C=O) groups is 1. The van der Waals surface area contributed by atoms with Gasteiger partial charge in [0.2, 0.25) is 0 Å². The molecule has 1 atom stereocenters. The predicted molar refractivity (Wildman–Crippen MR) is 80.4 cm³/mol. The Morgan fingerprint density at radius 1 is 1.14 bits per heavy atom. The van der Waals surface area contributed by atoms with Crippen LogP contribution in [0.1, 0.15) is 19.4 Å². The third-order valence-corrected chi connectivity index (χ3v) is 3.29. The van der Waals surface area contributed by atoms with Gasteiger partial charge in [-0.2, -0.15) is 0 Å². The number of ether oxygens (including phenoxy) is 1. The monoisotopic (exact) mass is 287 g/mol. The molecule has 0 aromatic heterocycles. The summed E-state index contributed by atoms with van der Waals surface area (Å²) in [6, 6.07) is 15.4. The average Bonchev–Trinajstić information content (AvgIpc) is 2.50. The van der Waals surface area contributed by atoms with Gasteiger partial charge in [0.15, 0.2) is 5.54 Å². The fraction of sp³-hybridized carbons (Fsp3) is 0.235. The van der Waals surface area contributed by atoms with Crippen LogP contribution in [0.3, 0.4) is 0 Å². The molecule has 0 aliphatic heterocycles. The van der Waals surface area contributed by atoms with Crippen LogP contribution >= 0.6 is 0 Å². The Morgan fingerprint density at radius 2 is 1.76 bits per heavy atom. The Balaban J connectivity index is 2.42. The second-order valence-electron chi connectivity index (χ2n) is 4.82. The van der Waals surface area contributed by atoms with E-state index in [1.807, 2.05) is 30.3 Å². The smallest absolute Gasteiger partial charge is 0.336 e. The third-order valence-electron chi connectivity index (χ3n) is 3.29. The van der Waals surface area contributed by atoms with E-state index in [-0.39, 0.29) is 12.3 Å². The Kier molecular flexibility index (Phi) is 4.58. The highest BCUT2D eigenvalue weighted by Crippen LogP contribution is 2.28. The average molecular weight is 287 g/mol. The Labute approximate surface area is 123 Å². The molecule has 0 aliphatic rings. The first-order valence-electron chi connectivity index (χ1n) is 6.83. The molecular formula is C17H18FNO2. The minimum absolute atomic E-state index is 0.261. The molecule has 1 N–H and O–H groups in total. The number of esters is 1. The minimum atomic E-state index is -1.15. The molecule has 0 spiro atoms. The van der Waals surface area contributed by atoms with E-state index in [0.29, 0.717) is 5.56 Å². The maximum Gasteiger partial charge on any atom is 0.336 e. The normalized spacial score (nSPS) is 13.3. The van der Waals surface area contributed by atoms with Crippen molar-refractivity contribution >= 4 is 11.7 Å². The van der Waals surface area contributed by atoms with E-state index < -0.39 is 17.3 Å². The predicted octanol–water partition coefficient (Wildman–Crippen LogP) is 3.72. The summed E-state index contributed by atoms with van der Waals surface area (Å²) in [4.78, 5) is 12.4. The topological polar surface area (TPSA) is 38.3 Å². The quantitative estimate of drug-likeness (QED) is 0.852. The van der Waals surface area contributed by atoms with Crippen LogP contribution in [-0.4, -0.2) is 12.6 Å². The van der Waals surface area contributed by atoms with Crippen molar-refractivity contribution in [3.05, 3.63) is 66.0 Å². The van der Waals surface area contributed by atoms with E-state index in [9.17, 15) is 9.18 Å². The summed E-state index contributed by atoms with van der Waals surface area (Å²) in [5.74, 6) is -0.858. The lowest BCUT2D eigenvalue weighted by atomic mass is 9.91. The molecule has 0 saturated carbocycles. The van der Waals surface area contributed by atoms with E-state index in [2.05, 4.69) is 5.32 Å². The number of rotatable bonds is 5. The van der Waals surface area contributed by atoms with Gasteiger partial charge < -0.3 is 10.1 Å². The highest BCUT2D eigenvalue weighted by molar-refractivity contribution is 5.85. The molecule has 2 aromatic carbocycles. The maximum absolute atomic E-state index is 13.9. The molecule has 4 heteroatoms. The Hall–Kier alpha value is -2.36. The number of benzene rings is 2. The number of hydrogen-bond acceptors (Lipinski definition) is 3. The SMILES string of the molecule is CCOC(=O)C(C)(Nc1ccccc1F)c1ccccc1. The number of para-hydroxylation sites is 1. The first-order valence-corrected chi connectivity index (χ1v) is 6.83. The van der Waals surface area contributed by atoms with E-state index in [4.69, 9.17) is 4.74 Å². The van der Waals surface area contributed by atoms with Gasteiger partial charge in [0.05, 0.1) is 12.3 Å². The largest absolute Gasteiger partial charge is 0.464 e. The fourth-order valence-corrected chi connectivity index (χ4v) is 2.12. The van der Waals surface area contributed by atoms with E-state index >= 15 is 0 Å². The standard InChI is InChI=1S/C17H18FNO2/c1-3-21-16(20)17(2,13-9-5-4-6-10-13)19-15-12-8-7-11-14(15)18/h4-12,19H,3H2,1-2H3. The van der Waals surface area contributed by atoms with Crippen LogP contribution in [0.2, 0.25) is 0 Å². The summed E-state index contributed by atoms with van der Waals surface area (Å²) in [5.41, 5.74) is -0.178. The van der Waals surface area contributed by atoms with Crippen LogP contribution in [-0.2, 0) is 15.1 Å². The van der Waals surface area contributed by atoms with Crippen molar-refractivity contribution in [2.45, 2.75) is 19.4 Å². The molecule has 1 unspecified atom stereocenters. The highest BCUT2D eigenvalue weighted by atomic mass is 19.1. The van der Waals surface area contributed by atoms with Crippen LogP contribution in [0.4, 0.5) is 10.1 Å². The summed E-state index contributed by atoms with van der Waals surface area (Å²) >= 11 is 0. The zero-order valence-electron chi connectivity index (χ0n) is 12.1. The minimum Gasteiger partial charge on any atom is -0.464 e. The molecule has 0 heterocycles. The molecule has 3 nitrogen and oxygen atoms in total. The first-order chi connectivity index (χ1) is 10.1. The second-order valence-corrected chi connectivity index (χ2v) is 4.82. The van der Waals surface area contributed by atoms with Crippen LogP contribution in [0.5, 0.6) is 0 Å². The van der Waals surface area contributed by atoms with E-state index in [1.54, 1.807) is 32.0 Å². The van der Waals surface area contributed by atoms with Gasteiger partial charge >= 0.3 is 5.97 Å². The second kappa shape index (κ2) is 6.39. The Bertz CT molecular complexity index is 615. The number of anilines is 1. The van der Waals surface area contributed by atoms with E-state index in [0.717, 1.165) is 0 Å². The number of carbonyl (C=O) groups excluding carboxylic acids is 1. The van der Waals surface area contributed by atoms with Crippen molar-refractivity contribution in [3.8, 4) is 0 Å². The third kappa shape index (κ3) is 3.21. The van der Waals surface area contributed by atoms with Crippen molar-refractivity contribution in [3.63, 3.8) is 0 Å². The molecule has 2 aromatic rings. The molecule has 21 heavy (non-hydrogen) atoms. The van der Waals surface area contributed by atoms with Crippen LogP contribution < -0.4 is 5.32 Å². The molecule has 0 bridgehead atoms. The molecule has 110 valence electrons. The molecule has 0 fully saturated rings. The van der Waals surface area contributed by atoms with Gasteiger partial charge in [-0.3, -0.25) is 0 Å². The van der Waals surface area contributed by atoms with Crippen molar-refractivity contribution in [1.29, 1.82) is 0 Å². The van der Waals surface area contributed by atoms with Crippen molar-refractivity contribution in [1.82, 2.24) is 0 Å². The molecular weight excluding hydrogens is 269 g/mol. The molecule has 2 rings (SSSR count). The summed E-state index contributed by atoms with van der Waals surface area (Å²) < 4.78 is 19.0. The zero-order chi connectivity index (χ0) is 15.3. The molecule has 0 aliphatic carbocycles. The fourth-order valence-electron chi connectivity index (χ4n) is 2.12. The lowest BCUT2D eigenvalue weighted by Crippen LogP contribution is -2.42. The van der Waals surface area contributed by atoms with Gasteiger partial charge in [-0.05, 0) is 31.5 Å². The van der Waals surface area contributed by atoms with Gasteiger partial charge in [-0.1, -0.05) is 42.5 Å². The summed E-state index contributed by atoms with van der Waals surface area (Å²) in [6.45, 7) is 3.69. The summed E-state index contributed by atoms with van der Waals surface area (Å²) in [5, 5.41) is 2.98. The summed E-state index contributed by atoms with van der Waals surface area (Å²) in [6.07, 6.45) is 0. The van der Waals surface area contributed by atoms with Gasteiger partial charge in [0.25, 0.3) is 0 Å². The van der Waals surface area contributed by atoms with Crippen molar-refractivity contribution < 1.29 is 13.9 Å². The molecule has 0 radical (unpaired) electrons. The number of nitrogens with one attached hydrogen (secondary N) is 1. The van der Waals surface area contributed by atoms with Crippen molar-refractivity contribution in [2.24, 2.45) is 0 Å². The van der Waals surface area contributed by atoms with Gasteiger partial charge in [0.1, 0.15) is 5.82 Å². The number of hydrogen-bond donors (Lipinski definition) is 1. The Morgan fingerprint density at radius 3 is 2.38 bits per heavy atom. The maximum atomic E-state index is 13.9. The lowest BCUT2D eigenvalue weighted by Gasteiger charge is -2.30. The van der Waals surface area contributed by atoms with Crippen LogP contribution in [0.15, 0.2) is 54.6 Å². The van der Waals surface area contributed by atoms with Gasteiger partial charge in [0, 0.05) is 0 Å². The highest BCUT2D eigenvalue weighted by Gasteiger charge is 2.37. The summed E-state index contributed by atoms with van der Waals surface area (Å²) in [7, 11) is 0. The van der Waals surface area contributed by atoms with Crippen molar-refractivity contribution in [2.75, 3.05) is 11.9 Å². The van der Waals surface area contributed by atoms with Gasteiger partial charge in [-0.25, -0.2) is 9.18 Å².